The van der Waals surface area contributed by atoms with Crippen molar-refractivity contribution in [3.63, 3.8) is 0 Å². The Bertz CT molecular complexity index is 877. The summed E-state index contributed by atoms with van der Waals surface area (Å²) < 4.78 is 0. The predicted molar refractivity (Wildman–Crippen MR) is 92.4 cm³/mol. The summed E-state index contributed by atoms with van der Waals surface area (Å²) in [5, 5.41) is 28.9. The highest BCUT2D eigenvalue weighted by Crippen LogP contribution is 2.32. The fraction of sp³-hybridized carbons (Fsp3) is 0.250. The smallest absolute Gasteiger partial charge is 0.275 e. The van der Waals surface area contributed by atoms with E-state index in [1.807, 2.05) is 26.8 Å². The third-order valence-electron chi connectivity index (χ3n) is 3.53. The van der Waals surface area contributed by atoms with E-state index in [1.165, 1.54) is 11.3 Å². The summed E-state index contributed by atoms with van der Waals surface area (Å²) in [6, 6.07) is 5.23. The largest absolute Gasteiger partial charge is 0.507 e. The van der Waals surface area contributed by atoms with E-state index in [2.05, 4.69) is 25.7 Å². The van der Waals surface area contributed by atoms with E-state index in [4.69, 9.17) is 0 Å². The van der Waals surface area contributed by atoms with Gasteiger partial charge >= 0.3 is 0 Å². The van der Waals surface area contributed by atoms with Crippen molar-refractivity contribution in [1.82, 2.24) is 20.4 Å². The minimum atomic E-state index is -0.350. The first kappa shape index (κ1) is 16.1. The second kappa shape index (κ2) is 6.40. The van der Waals surface area contributed by atoms with Crippen molar-refractivity contribution in [3.05, 3.63) is 40.0 Å². The molecule has 2 heterocycles. The minimum Gasteiger partial charge on any atom is -0.507 e. The first-order chi connectivity index (χ1) is 11.5. The van der Waals surface area contributed by atoms with Gasteiger partial charge in [0.25, 0.3) is 5.91 Å². The maximum Gasteiger partial charge on any atom is 0.275 e. The van der Waals surface area contributed by atoms with Crippen LogP contribution >= 0.6 is 11.3 Å². The normalized spacial score (nSPS) is 10.8. The van der Waals surface area contributed by atoms with Gasteiger partial charge in [-0.15, -0.1) is 10.2 Å². The number of aromatic hydroxyl groups is 1. The lowest BCUT2D eigenvalue weighted by molar-refractivity contribution is 0.102. The van der Waals surface area contributed by atoms with Crippen LogP contribution in [-0.4, -0.2) is 31.4 Å². The Labute approximate surface area is 142 Å². The predicted octanol–water partition coefficient (Wildman–Crippen LogP) is 3.07. The zero-order valence-electron chi connectivity index (χ0n) is 13.5. The Balaban J connectivity index is 1.84. The van der Waals surface area contributed by atoms with Gasteiger partial charge in [0.2, 0.25) is 5.13 Å². The molecule has 0 saturated carbocycles. The number of phenolic OH excluding ortho intramolecular Hbond substituents is 1. The van der Waals surface area contributed by atoms with Gasteiger partial charge in [-0.25, -0.2) is 0 Å². The summed E-state index contributed by atoms with van der Waals surface area (Å²) in [7, 11) is 0. The second-order valence-electron chi connectivity index (χ2n) is 5.45. The first-order valence-electron chi connectivity index (χ1n) is 7.47. The number of anilines is 1. The van der Waals surface area contributed by atoms with Crippen LogP contribution in [-0.2, 0) is 6.42 Å². The Kier molecular flexibility index (Phi) is 4.30. The standard InChI is InChI=1S/C16H17N5O2S/c1-4-13-20-21-16(24-13)17-15(23)11-7-10(18-19-11)14-9(3)5-8(2)6-12(14)22/h5-7,22H,4H2,1-3H3,(H,18,19)(H,17,21,23). The minimum absolute atomic E-state index is 0.141. The van der Waals surface area contributed by atoms with Crippen molar-refractivity contribution in [2.45, 2.75) is 27.2 Å². The molecule has 0 bridgehead atoms. The Hall–Kier alpha value is -2.74. The lowest BCUT2D eigenvalue weighted by Crippen LogP contribution is -2.12. The van der Waals surface area contributed by atoms with Crippen molar-refractivity contribution in [1.29, 1.82) is 0 Å². The maximum atomic E-state index is 12.3. The summed E-state index contributed by atoms with van der Waals surface area (Å²) in [5.74, 6) is -0.209. The third-order valence-corrected chi connectivity index (χ3v) is 4.51. The molecule has 24 heavy (non-hydrogen) atoms. The number of H-pyrrole nitrogens is 1. The van der Waals surface area contributed by atoms with Crippen LogP contribution in [0.2, 0.25) is 0 Å². The molecule has 0 fully saturated rings. The van der Waals surface area contributed by atoms with Gasteiger partial charge in [0, 0.05) is 5.56 Å². The number of nitrogens with zero attached hydrogens (tertiary/aromatic N) is 3. The molecule has 2 aromatic heterocycles. The molecule has 7 nitrogen and oxygen atoms in total. The fourth-order valence-electron chi connectivity index (χ4n) is 2.46. The molecule has 0 aliphatic rings. The zero-order chi connectivity index (χ0) is 17.3. The van der Waals surface area contributed by atoms with Crippen LogP contribution in [0.15, 0.2) is 18.2 Å². The number of aromatic amines is 1. The fourth-order valence-corrected chi connectivity index (χ4v) is 3.13. The van der Waals surface area contributed by atoms with Crippen LogP contribution < -0.4 is 5.32 Å². The molecule has 3 rings (SSSR count). The third kappa shape index (κ3) is 3.13. The number of hydrogen-bond donors (Lipinski definition) is 3. The van der Waals surface area contributed by atoms with Crippen molar-refractivity contribution in [2.24, 2.45) is 0 Å². The number of phenols is 1. The van der Waals surface area contributed by atoms with E-state index in [9.17, 15) is 9.90 Å². The van der Waals surface area contributed by atoms with E-state index in [0.29, 0.717) is 16.4 Å². The van der Waals surface area contributed by atoms with Gasteiger partial charge in [0.15, 0.2) is 0 Å². The molecule has 1 amide bonds. The number of hydrogen-bond acceptors (Lipinski definition) is 6. The molecule has 0 radical (unpaired) electrons. The molecule has 8 heteroatoms. The van der Waals surface area contributed by atoms with Gasteiger partial charge in [-0.05, 0) is 43.5 Å². The van der Waals surface area contributed by atoms with Crippen LogP contribution in [0.4, 0.5) is 5.13 Å². The Morgan fingerprint density at radius 1 is 1.29 bits per heavy atom. The molecule has 124 valence electrons. The number of benzene rings is 1. The highest BCUT2D eigenvalue weighted by Gasteiger charge is 2.16. The number of aryl methyl sites for hydroxylation is 3. The van der Waals surface area contributed by atoms with Gasteiger partial charge in [0.1, 0.15) is 16.5 Å². The van der Waals surface area contributed by atoms with Crippen molar-refractivity contribution in [2.75, 3.05) is 5.32 Å². The van der Waals surface area contributed by atoms with Crippen LogP contribution in [0.5, 0.6) is 5.75 Å². The summed E-state index contributed by atoms with van der Waals surface area (Å²) in [6.45, 7) is 5.78. The van der Waals surface area contributed by atoms with Crippen LogP contribution in [0.3, 0.4) is 0 Å². The van der Waals surface area contributed by atoms with E-state index in [-0.39, 0.29) is 17.4 Å². The molecule has 0 saturated heterocycles. The average molecular weight is 343 g/mol. The van der Waals surface area contributed by atoms with E-state index in [1.54, 1.807) is 12.1 Å². The first-order valence-corrected chi connectivity index (χ1v) is 8.29. The van der Waals surface area contributed by atoms with E-state index >= 15 is 0 Å². The zero-order valence-corrected chi connectivity index (χ0v) is 14.4. The number of amides is 1. The van der Waals surface area contributed by atoms with E-state index < -0.39 is 0 Å². The maximum absolute atomic E-state index is 12.3. The quantitative estimate of drug-likeness (QED) is 0.675. The molecule has 0 spiro atoms. The van der Waals surface area contributed by atoms with Gasteiger partial charge in [-0.1, -0.05) is 24.3 Å². The second-order valence-corrected chi connectivity index (χ2v) is 6.51. The van der Waals surface area contributed by atoms with Gasteiger partial charge in [-0.2, -0.15) is 5.10 Å². The van der Waals surface area contributed by atoms with Crippen LogP contribution in [0.1, 0.15) is 33.5 Å². The van der Waals surface area contributed by atoms with Crippen LogP contribution in [0, 0.1) is 13.8 Å². The van der Waals surface area contributed by atoms with Crippen molar-refractivity contribution >= 4 is 22.4 Å². The molecule has 0 aliphatic heterocycles. The molecule has 0 aliphatic carbocycles. The molecule has 1 aromatic carbocycles. The van der Waals surface area contributed by atoms with Crippen molar-refractivity contribution < 1.29 is 9.90 Å². The van der Waals surface area contributed by atoms with Crippen molar-refractivity contribution in [3.8, 4) is 17.0 Å². The summed E-state index contributed by atoms with van der Waals surface area (Å²) in [4.78, 5) is 12.3. The molecule has 0 unspecified atom stereocenters. The SMILES string of the molecule is CCc1nnc(NC(=O)c2cc(-c3c(C)cc(C)cc3O)n[nH]2)s1. The monoisotopic (exact) mass is 343 g/mol. The van der Waals surface area contributed by atoms with Gasteiger partial charge in [-0.3, -0.25) is 15.2 Å². The highest BCUT2D eigenvalue weighted by atomic mass is 32.1. The molecular formula is C16H17N5O2S. The number of rotatable bonds is 4. The topological polar surface area (TPSA) is 104 Å². The summed E-state index contributed by atoms with van der Waals surface area (Å²) in [5.41, 5.74) is 3.27. The lowest BCUT2D eigenvalue weighted by atomic mass is 10.0. The number of aromatic nitrogens is 4. The van der Waals surface area contributed by atoms with E-state index in [0.717, 1.165) is 22.6 Å². The summed E-state index contributed by atoms with van der Waals surface area (Å²) in [6.07, 6.45) is 0.772. The molecular weight excluding hydrogens is 326 g/mol. The number of carbonyl (C=O) groups is 1. The molecule has 3 aromatic rings. The average Bonchev–Trinajstić information content (AvgIpc) is 3.15. The lowest BCUT2D eigenvalue weighted by Gasteiger charge is -2.06. The number of nitrogens with one attached hydrogen (secondary N) is 2. The number of carbonyl (C=O) groups excluding carboxylic acids is 1. The van der Waals surface area contributed by atoms with Gasteiger partial charge in [0.05, 0.1) is 5.69 Å². The molecule has 3 N–H and O–H groups in total. The molecule has 0 atom stereocenters. The summed E-state index contributed by atoms with van der Waals surface area (Å²) >= 11 is 1.34. The van der Waals surface area contributed by atoms with Gasteiger partial charge < -0.3 is 5.11 Å². The van der Waals surface area contributed by atoms with Crippen LogP contribution in [0.25, 0.3) is 11.3 Å². The Morgan fingerprint density at radius 3 is 2.75 bits per heavy atom. The Morgan fingerprint density at radius 2 is 2.08 bits per heavy atom. The highest BCUT2D eigenvalue weighted by molar-refractivity contribution is 7.15.